The van der Waals surface area contributed by atoms with E-state index in [0.717, 1.165) is 16.0 Å². The summed E-state index contributed by atoms with van der Waals surface area (Å²) in [6, 6.07) is 11.5. The predicted molar refractivity (Wildman–Crippen MR) is 150 cm³/mol. The summed E-state index contributed by atoms with van der Waals surface area (Å²) in [7, 11) is 0. The summed E-state index contributed by atoms with van der Waals surface area (Å²) >= 11 is 12.1. The number of aryl methyl sites for hydroxylation is 2. The molecule has 0 saturated carbocycles. The number of carbonyl (C=O) groups excluding carboxylic acids is 1. The van der Waals surface area contributed by atoms with E-state index in [0.29, 0.717) is 31.3 Å². The first-order valence-electron chi connectivity index (χ1n) is 13.0. The van der Waals surface area contributed by atoms with Crippen molar-refractivity contribution in [1.82, 2.24) is 0 Å². The number of rotatable bonds is 6. The lowest BCUT2D eigenvalue weighted by atomic mass is 10.1. The second kappa shape index (κ2) is 12.0. The number of benzene rings is 3. The molecule has 220 valence electrons. The minimum Gasteiger partial charge on any atom is -0.449 e. The first-order valence-corrected chi connectivity index (χ1v) is 13.7. The third kappa shape index (κ3) is 6.27. The average molecular weight is 623 g/mol. The molecule has 0 radical (unpaired) electrons. The Balaban J connectivity index is 1.66. The Labute approximate surface area is 248 Å². The number of hydrogen-bond acceptors (Lipinski definition) is 6. The molecule has 2 heterocycles. The van der Waals surface area contributed by atoms with Crippen LogP contribution >= 0.6 is 23.2 Å². The Hall–Kier alpha value is -3.57. The van der Waals surface area contributed by atoms with Gasteiger partial charge in [-0.05, 0) is 67.4 Å². The van der Waals surface area contributed by atoms with E-state index >= 15 is 0 Å². The van der Waals surface area contributed by atoms with E-state index in [4.69, 9.17) is 41.8 Å². The van der Waals surface area contributed by atoms with Crippen LogP contribution in [0.2, 0.25) is 10.0 Å². The number of halogens is 5. The van der Waals surface area contributed by atoms with Crippen LogP contribution in [0.3, 0.4) is 0 Å². The van der Waals surface area contributed by atoms with Crippen molar-refractivity contribution in [2.24, 2.45) is 0 Å². The molecule has 0 atom stereocenters. The molecule has 4 aromatic rings. The maximum atomic E-state index is 14.4. The minimum absolute atomic E-state index is 0.000375. The second-order valence-corrected chi connectivity index (χ2v) is 10.8. The second-order valence-electron chi connectivity index (χ2n) is 9.91. The van der Waals surface area contributed by atoms with E-state index in [-0.39, 0.29) is 45.2 Å². The van der Waals surface area contributed by atoms with E-state index < -0.39 is 29.1 Å². The topological polar surface area (TPSA) is 79.4 Å². The Morgan fingerprint density at radius 2 is 1.74 bits per heavy atom. The zero-order chi connectivity index (χ0) is 30.2. The van der Waals surface area contributed by atoms with Crippen molar-refractivity contribution in [3.05, 3.63) is 96.8 Å². The molecule has 1 fully saturated rings. The fraction of sp³-hybridized carbons (Fsp3) is 0.267. The van der Waals surface area contributed by atoms with Crippen molar-refractivity contribution in [1.29, 1.82) is 0 Å². The van der Waals surface area contributed by atoms with Crippen LogP contribution in [-0.4, -0.2) is 32.3 Å². The number of carbonyl (C=O) groups is 1. The lowest BCUT2D eigenvalue weighted by Gasteiger charge is -2.25. The SMILES string of the molecule is Cc1ccc(Oc2c(C(F)(F)F)oc3c(C[NH+]4CCOCC4)c(OC(=O)c4ccc(Cl)cc4Cl)ccc3c2=O)cc1C. The highest BCUT2D eigenvalue weighted by Crippen LogP contribution is 2.40. The summed E-state index contributed by atoms with van der Waals surface area (Å²) in [5.41, 5.74) is 0.420. The summed E-state index contributed by atoms with van der Waals surface area (Å²) in [5.74, 6) is -3.46. The largest absolute Gasteiger partial charge is 0.453 e. The Morgan fingerprint density at radius 1 is 1.00 bits per heavy atom. The van der Waals surface area contributed by atoms with E-state index in [1.54, 1.807) is 13.0 Å². The van der Waals surface area contributed by atoms with Gasteiger partial charge in [-0.15, -0.1) is 0 Å². The molecule has 0 bridgehead atoms. The quantitative estimate of drug-likeness (QED) is 0.205. The number of quaternary nitrogens is 1. The van der Waals surface area contributed by atoms with Gasteiger partial charge in [0.15, 0.2) is 5.58 Å². The van der Waals surface area contributed by atoms with Crippen LogP contribution in [0.5, 0.6) is 17.2 Å². The van der Waals surface area contributed by atoms with Gasteiger partial charge in [0.2, 0.25) is 11.2 Å². The van der Waals surface area contributed by atoms with Crippen LogP contribution in [0.25, 0.3) is 11.0 Å². The van der Waals surface area contributed by atoms with Gasteiger partial charge in [0.25, 0.3) is 5.76 Å². The molecular formula is C30H25Cl2F3NO6+. The van der Waals surface area contributed by atoms with Gasteiger partial charge in [-0.2, -0.15) is 13.2 Å². The molecule has 3 aromatic carbocycles. The average Bonchev–Trinajstić information content (AvgIpc) is 2.93. The zero-order valence-electron chi connectivity index (χ0n) is 22.5. The normalized spacial score (nSPS) is 14.3. The predicted octanol–water partition coefficient (Wildman–Crippen LogP) is 6.16. The van der Waals surface area contributed by atoms with Gasteiger partial charge in [0.1, 0.15) is 31.1 Å². The number of alkyl halides is 3. The molecule has 1 aromatic heterocycles. The lowest BCUT2D eigenvalue weighted by molar-refractivity contribution is -0.921. The molecule has 0 unspecified atom stereocenters. The molecule has 7 nitrogen and oxygen atoms in total. The summed E-state index contributed by atoms with van der Waals surface area (Å²) < 4.78 is 65.1. The third-order valence-electron chi connectivity index (χ3n) is 7.01. The van der Waals surface area contributed by atoms with Crippen LogP contribution in [0.1, 0.15) is 32.8 Å². The Bertz CT molecular complexity index is 1730. The van der Waals surface area contributed by atoms with Crippen molar-refractivity contribution in [2.45, 2.75) is 26.6 Å². The third-order valence-corrected chi connectivity index (χ3v) is 7.56. The number of morpholine rings is 1. The Morgan fingerprint density at radius 3 is 2.40 bits per heavy atom. The van der Waals surface area contributed by atoms with Gasteiger partial charge in [-0.3, -0.25) is 4.79 Å². The maximum absolute atomic E-state index is 14.4. The zero-order valence-corrected chi connectivity index (χ0v) is 24.0. The number of ether oxygens (including phenoxy) is 3. The monoisotopic (exact) mass is 622 g/mol. The fourth-order valence-electron chi connectivity index (χ4n) is 4.61. The lowest BCUT2D eigenvalue weighted by Crippen LogP contribution is -3.12. The van der Waals surface area contributed by atoms with E-state index in [2.05, 4.69) is 0 Å². The molecule has 1 saturated heterocycles. The van der Waals surface area contributed by atoms with Gasteiger partial charge < -0.3 is 23.5 Å². The van der Waals surface area contributed by atoms with Crippen molar-refractivity contribution < 1.29 is 41.5 Å². The van der Waals surface area contributed by atoms with E-state index in [9.17, 15) is 22.8 Å². The molecule has 0 amide bonds. The first kappa shape index (κ1) is 29.9. The fourth-order valence-corrected chi connectivity index (χ4v) is 5.10. The summed E-state index contributed by atoms with van der Waals surface area (Å²) in [6.45, 7) is 5.65. The molecule has 1 aliphatic heterocycles. The van der Waals surface area contributed by atoms with E-state index in [1.807, 2.05) is 6.92 Å². The van der Waals surface area contributed by atoms with Gasteiger partial charge in [0, 0.05) is 5.02 Å². The summed E-state index contributed by atoms with van der Waals surface area (Å²) in [5, 5.41) is 0.181. The number of esters is 1. The number of hydrogen-bond donors (Lipinski definition) is 1. The maximum Gasteiger partial charge on any atom is 0.453 e. The van der Waals surface area contributed by atoms with Crippen LogP contribution in [0.4, 0.5) is 13.2 Å². The molecular weight excluding hydrogens is 598 g/mol. The summed E-state index contributed by atoms with van der Waals surface area (Å²) in [4.78, 5) is 27.6. The van der Waals surface area contributed by atoms with Gasteiger partial charge >= 0.3 is 12.1 Å². The summed E-state index contributed by atoms with van der Waals surface area (Å²) in [6.07, 6.45) is -5.07. The van der Waals surface area contributed by atoms with Crippen molar-refractivity contribution >= 4 is 40.1 Å². The van der Waals surface area contributed by atoms with Crippen molar-refractivity contribution in [3.8, 4) is 17.2 Å². The number of nitrogens with one attached hydrogen (secondary N) is 1. The van der Waals surface area contributed by atoms with Gasteiger partial charge in [0.05, 0.1) is 34.7 Å². The molecule has 12 heteroatoms. The van der Waals surface area contributed by atoms with Crippen LogP contribution in [0, 0.1) is 13.8 Å². The minimum atomic E-state index is -5.07. The van der Waals surface area contributed by atoms with Gasteiger partial charge in [-0.25, -0.2) is 4.79 Å². The molecule has 1 aliphatic rings. The number of fused-ring (bicyclic) bond motifs is 1. The van der Waals surface area contributed by atoms with Gasteiger partial charge in [-0.1, -0.05) is 29.3 Å². The Kier molecular flexibility index (Phi) is 8.52. The molecule has 0 spiro atoms. The first-order chi connectivity index (χ1) is 19.9. The standard InChI is InChI=1S/C30H24Cl2F3NO6/c1-16-3-5-19(13-17(16)2)40-27-25(37)21-7-8-24(41-29(38)20-6-4-18(31)14-23(20)32)22(15-36-9-11-39-12-10-36)26(21)42-28(27)30(33,34)35/h3-8,13-14H,9-12,15H2,1-2H3/p+1. The van der Waals surface area contributed by atoms with E-state index in [1.165, 1.54) is 42.5 Å². The highest BCUT2D eigenvalue weighted by molar-refractivity contribution is 6.36. The molecule has 1 N–H and O–H groups in total. The molecule has 42 heavy (non-hydrogen) atoms. The smallest absolute Gasteiger partial charge is 0.449 e. The molecule has 0 aliphatic carbocycles. The van der Waals surface area contributed by atoms with Crippen molar-refractivity contribution in [2.75, 3.05) is 26.3 Å². The van der Waals surface area contributed by atoms with Crippen molar-refractivity contribution in [3.63, 3.8) is 0 Å². The highest BCUT2D eigenvalue weighted by Gasteiger charge is 2.41. The van der Waals surface area contributed by atoms with Crippen LogP contribution in [0.15, 0.2) is 57.7 Å². The van der Waals surface area contributed by atoms with Crippen LogP contribution < -0.4 is 19.8 Å². The van der Waals surface area contributed by atoms with Crippen LogP contribution in [-0.2, 0) is 17.5 Å². The highest BCUT2D eigenvalue weighted by atomic mass is 35.5. The molecule has 5 rings (SSSR count).